The number of nitrogens with zero attached hydrogens (tertiary/aromatic N) is 4. The lowest BCUT2D eigenvalue weighted by Crippen LogP contribution is -2.57. The number of hydrogen-bond acceptors (Lipinski definition) is 9. The zero-order chi connectivity index (χ0) is 40.9. The van der Waals surface area contributed by atoms with Crippen molar-refractivity contribution >= 4 is 46.0 Å². The number of nitrogens with two attached hydrogens (primary N) is 1. The first-order chi connectivity index (χ1) is 27.2. The van der Waals surface area contributed by atoms with Gasteiger partial charge in [0.2, 0.25) is 23.6 Å². The highest BCUT2D eigenvalue weighted by Crippen LogP contribution is 2.34. The minimum absolute atomic E-state index is 0.00165. The number of aromatic nitrogens is 3. The van der Waals surface area contributed by atoms with Gasteiger partial charge in [-0.1, -0.05) is 79.8 Å². The molecule has 0 bridgehead atoms. The topological polar surface area (TPSA) is 222 Å². The maximum Gasteiger partial charge on any atom is 0.251 e. The van der Waals surface area contributed by atoms with Crippen LogP contribution in [0.1, 0.15) is 93.4 Å². The van der Waals surface area contributed by atoms with Crippen LogP contribution >= 0.6 is 0 Å². The number of hydrogen-bond donors (Lipinski definition) is 6. The van der Waals surface area contributed by atoms with E-state index >= 15 is 0 Å². The summed E-state index contributed by atoms with van der Waals surface area (Å²) in [6.45, 7) is 4.57. The number of carbonyl (C=O) groups is 5. The van der Waals surface area contributed by atoms with E-state index in [0.29, 0.717) is 28.9 Å². The molecule has 6 rings (SSSR count). The van der Waals surface area contributed by atoms with Crippen molar-refractivity contribution in [2.24, 2.45) is 11.7 Å². The van der Waals surface area contributed by atoms with E-state index in [4.69, 9.17) is 5.73 Å². The Kier molecular flexibility index (Phi) is 12.7. The number of nitrogens with one attached hydrogen (secondary N) is 3. The highest BCUT2D eigenvalue weighted by atomic mass is 16.3. The largest absolute Gasteiger partial charge is 0.384 e. The molecule has 7 N–H and O–H groups in total. The van der Waals surface area contributed by atoms with E-state index in [9.17, 15) is 34.2 Å². The second-order valence-corrected chi connectivity index (χ2v) is 15.9. The molecule has 0 radical (unpaired) electrons. The van der Waals surface area contributed by atoms with E-state index in [1.807, 2.05) is 30.3 Å². The Balaban J connectivity index is 1.31. The Bertz CT molecular complexity index is 2090. The summed E-state index contributed by atoms with van der Waals surface area (Å²) in [5.74, 6) is -2.63. The molecular formula is C42H52N8O7. The Morgan fingerprint density at radius 3 is 2.32 bits per heavy atom. The number of benzene rings is 3. The normalized spacial score (nSPS) is 19.1. The van der Waals surface area contributed by atoms with Crippen LogP contribution in [-0.2, 0) is 31.2 Å². The fourth-order valence-electron chi connectivity index (χ4n) is 8.08. The molecule has 15 heteroatoms. The van der Waals surface area contributed by atoms with Crippen LogP contribution in [0.15, 0.2) is 72.9 Å². The summed E-state index contributed by atoms with van der Waals surface area (Å²) >= 11 is 0. The average Bonchev–Trinajstić information content (AvgIpc) is 3.86. The summed E-state index contributed by atoms with van der Waals surface area (Å²) in [5.41, 5.74) is 6.15. The van der Waals surface area contributed by atoms with Gasteiger partial charge in [-0.15, -0.1) is 5.10 Å². The van der Waals surface area contributed by atoms with Gasteiger partial charge in [-0.25, -0.2) is 4.68 Å². The van der Waals surface area contributed by atoms with Gasteiger partial charge in [-0.2, -0.15) is 0 Å². The summed E-state index contributed by atoms with van der Waals surface area (Å²) in [6.07, 6.45) is 5.07. The fraction of sp³-hybridized carbons (Fsp3) is 0.452. The molecule has 0 spiro atoms. The first kappa shape index (κ1) is 41.0. The van der Waals surface area contributed by atoms with Gasteiger partial charge < -0.3 is 36.8 Å². The van der Waals surface area contributed by atoms with E-state index in [-0.39, 0.29) is 31.2 Å². The van der Waals surface area contributed by atoms with Crippen LogP contribution in [0.4, 0.5) is 5.69 Å². The van der Waals surface area contributed by atoms with Gasteiger partial charge in [-0.05, 0) is 73.2 Å². The van der Waals surface area contributed by atoms with Crippen molar-refractivity contribution in [3.05, 3.63) is 89.7 Å². The molecule has 2 fully saturated rings. The molecule has 2 unspecified atom stereocenters. The molecule has 57 heavy (non-hydrogen) atoms. The van der Waals surface area contributed by atoms with Gasteiger partial charge >= 0.3 is 0 Å². The number of carbonyl (C=O) groups excluding carboxylic acids is 5. The Morgan fingerprint density at radius 1 is 0.947 bits per heavy atom. The third-order valence-electron chi connectivity index (χ3n) is 11.1. The molecule has 4 aromatic rings. The van der Waals surface area contributed by atoms with Crippen molar-refractivity contribution < 1.29 is 34.2 Å². The van der Waals surface area contributed by atoms with Gasteiger partial charge in [0, 0.05) is 31.1 Å². The summed E-state index contributed by atoms with van der Waals surface area (Å²) in [4.78, 5) is 68.5. The molecule has 3 aromatic carbocycles. The van der Waals surface area contributed by atoms with E-state index in [2.05, 4.69) is 26.3 Å². The van der Waals surface area contributed by atoms with Crippen LogP contribution in [0, 0.1) is 5.92 Å². The SMILES string of the molecule is CC(=O)Nc1ccc(CC(NC(=O)[C@@H]2C[C@H](n3nncc3C(C)(C)O)CN2C(=O)[C@@H](CC2CCCCC2)NC(=O)c2ccc3ccccc3c2)C(O)C(N)=O)cc1. The molecule has 2 aliphatic rings. The molecule has 5 amide bonds. The standard InChI is InChI=1S/C42H52N8O7/c1-25(51)45-31-17-13-27(14-18-31)19-33(37(52)38(43)53)46-40(55)35-22-32(50-36(23-44-48-50)42(2,3)57)24-49(35)41(56)34(20-26-9-5-4-6-10-26)47-39(54)30-16-15-28-11-7-8-12-29(28)21-30/h7-8,11-18,21,23,26,32-35,37,52,57H,4-6,9-10,19-20,22,24H2,1-3H3,(H2,43,53)(H,45,51)(H,46,55)(H,47,54)/t32-,33?,34+,35-,37?/m0/s1. The maximum atomic E-state index is 14.9. The number of anilines is 1. The quantitative estimate of drug-likeness (QED) is 0.111. The van der Waals surface area contributed by atoms with Gasteiger partial charge in [0.1, 0.15) is 17.7 Å². The van der Waals surface area contributed by atoms with Crippen LogP contribution in [0.3, 0.4) is 0 Å². The van der Waals surface area contributed by atoms with E-state index in [0.717, 1.165) is 42.9 Å². The summed E-state index contributed by atoms with van der Waals surface area (Å²) in [7, 11) is 0. The van der Waals surface area contributed by atoms with Crippen molar-refractivity contribution in [3.63, 3.8) is 0 Å². The van der Waals surface area contributed by atoms with Crippen molar-refractivity contribution in [1.29, 1.82) is 0 Å². The molecule has 302 valence electrons. The highest BCUT2D eigenvalue weighted by molar-refractivity contribution is 6.01. The summed E-state index contributed by atoms with van der Waals surface area (Å²) in [5, 5.41) is 40.5. The number of fused-ring (bicyclic) bond motifs is 1. The van der Waals surface area contributed by atoms with Crippen molar-refractivity contribution in [1.82, 2.24) is 30.5 Å². The average molecular weight is 781 g/mol. The van der Waals surface area contributed by atoms with E-state index in [1.165, 1.54) is 22.7 Å². The zero-order valence-corrected chi connectivity index (χ0v) is 32.6. The molecule has 2 heterocycles. The minimum atomic E-state index is -1.78. The Hall–Kier alpha value is -5.67. The molecule has 1 aliphatic heterocycles. The van der Waals surface area contributed by atoms with Crippen molar-refractivity contribution in [3.8, 4) is 0 Å². The van der Waals surface area contributed by atoms with Crippen LogP contribution in [0.2, 0.25) is 0 Å². The number of rotatable bonds is 14. The molecule has 1 saturated heterocycles. The summed E-state index contributed by atoms with van der Waals surface area (Å²) < 4.78 is 1.52. The molecule has 1 saturated carbocycles. The molecule has 1 aromatic heterocycles. The van der Waals surface area contributed by atoms with Gasteiger partial charge in [0.05, 0.1) is 24.0 Å². The monoisotopic (exact) mass is 780 g/mol. The fourth-order valence-corrected chi connectivity index (χ4v) is 8.08. The molecule has 1 aliphatic carbocycles. The Morgan fingerprint density at radius 2 is 1.65 bits per heavy atom. The predicted molar refractivity (Wildman–Crippen MR) is 212 cm³/mol. The number of aliphatic hydroxyl groups excluding tert-OH is 1. The summed E-state index contributed by atoms with van der Waals surface area (Å²) in [6, 6.07) is 15.9. The number of likely N-dealkylation sites (tertiary alicyclic amines) is 1. The lowest BCUT2D eigenvalue weighted by atomic mass is 9.84. The van der Waals surface area contributed by atoms with Crippen LogP contribution in [0.25, 0.3) is 10.8 Å². The maximum absolute atomic E-state index is 14.9. The lowest BCUT2D eigenvalue weighted by Gasteiger charge is -2.32. The number of primary amides is 1. The van der Waals surface area contributed by atoms with Crippen LogP contribution < -0.4 is 21.7 Å². The zero-order valence-electron chi connectivity index (χ0n) is 32.6. The predicted octanol–water partition coefficient (Wildman–Crippen LogP) is 3.10. The van der Waals surface area contributed by atoms with Crippen LogP contribution in [0.5, 0.6) is 0 Å². The Labute approximate surface area is 331 Å². The second kappa shape index (κ2) is 17.6. The third kappa shape index (κ3) is 10.0. The molecule has 5 atom stereocenters. The van der Waals surface area contributed by atoms with Gasteiger partial charge in [0.15, 0.2) is 6.10 Å². The molecular weight excluding hydrogens is 729 g/mol. The van der Waals surface area contributed by atoms with Gasteiger partial charge in [-0.3, -0.25) is 24.0 Å². The third-order valence-corrected chi connectivity index (χ3v) is 11.1. The second-order valence-electron chi connectivity index (χ2n) is 15.9. The van der Waals surface area contributed by atoms with Crippen molar-refractivity contribution in [2.45, 2.75) is 108 Å². The smallest absolute Gasteiger partial charge is 0.251 e. The van der Waals surface area contributed by atoms with Crippen molar-refractivity contribution in [2.75, 3.05) is 11.9 Å². The first-order valence-corrected chi connectivity index (χ1v) is 19.6. The van der Waals surface area contributed by atoms with E-state index in [1.54, 1.807) is 50.2 Å². The van der Waals surface area contributed by atoms with Gasteiger partial charge in [0.25, 0.3) is 5.91 Å². The number of amides is 5. The lowest BCUT2D eigenvalue weighted by molar-refractivity contribution is -0.141. The minimum Gasteiger partial charge on any atom is -0.384 e. The van der Waals surface area contributed by atoms with E-state index < -0.39 is 59.5 Å². The number of aliphatic hydroxyl groups is 2. The van der Waals surface area contributed by atoms with Crippen LogP contribution in [-0.4, -0.2) is 90.4 Å². The molecule has 15 nitrogen and oxygen atoms in total. The highest BCUT2D eigenvalue weighted by Gasteiger charge is 2.45. The first-order valence-electron chi connectivity index (χ1n) is 19.6.